The lowest BCUT2D eigenvalue weighted by Gasteiger charge is -2.28. The fourth-order valence-corrected chi connectivity index (χ4v) is 11.4. The van der Waals surface area contributed by atoms with Crippen LogP contribution in [0.5, 0.6) is 0 Å². The van der Waals surface area contributed by atoms with Crippen LogP contribution in [0.4, 0.5) is 0 Å². The average Bonchev–Trinajstić information content (AvgIpc) is 3.41. The lowest BCUT2D eigenvalue weighted by Crippen LogP contribution is -2.37. The Morgan fingerprint density at radius 2 is 0.646 bits per heavy atom. The minimum atomic E-state index is -4.63. The fraction of sp³-hybridized carbons (Fsp3) is 0.942. The smallest absolute Gasteiger partial charge is 0.306 e. The number of likely N-dealkylation sites (N-methyl/N-ethyl adjacent to an activating group) is 1. The normalized spacial score (nSPS) is 13.1. The molecule has 0 heterocycles. The van der Waals surface area contributed by atoms with Gasteiger partial charge in [0.1, 0.15) is 19.8 Å². The number of esters is 2. The van der Waals surface area contributed by atoms with Crippen LogP contribution in [0.15, 0.2) is 12.2 Å². The molecule has 0 saturated carbocycles. The molecule has 0 bridgehead atoms. The molecule has 9 nitrogen and oxygen atoms in total. The molecule has 0 amide bonds. The fourth-order valence-electron chi connectivity index (χ4n) is 10.7. The van der Waals surface area contributed by atoms with Crippen LogP contribution in [0.2, 0.25) is 0 Å². The highest BCUT2D eigenvalue weighted by Gasteiger charge is 2.22. The van der Waals surface area contributed by atoms with E-state index in [0.29, 0.717) is 17.4 Å². The molecule has 0 spiro atoms. The minimum absolute atomic E-state index is 0.0273. The second-order valence-corrected chi connectivity index (χ2v) is 26.7. The monoisotopic (exact) mass is 1140 g/mol. The van der Waals surface area contributed by atoms with E-state index in [0.717, 1.165) is 38.5 Å². The molecule has 0 aromatic carbocycles. The second-order valence-electron chi connectivity index (χ2n) is 25.3. The summed E-state index contributed by atoms with van der Waals surface area (Å²) in [6, 6.07) is 0. The van der Waals surface area contributed by atoms with Crippen LogP contribution in [0, 0.1) is 0 Å². The van der Waals surface area contributed by atoms with E-state index in [9.17, 15) is 19.0 Å². The summed E-state index contributed by atoms with van der Waals surface area (Å²) in [4.78, 5) is 38.0. The van der Waals surface area contributed by atoms with E-state index in [-0.39, 0.29) is 32.0 Å². The Kier molecular flexibility index (Phi) is 60.3. The van der Waals surface area contributed by atoms with Gasteiger partial charge in [-0.3, -0.25) is 14.2 Å². The van der Waals surface area contributed by atoms with E-state index in [1.165, 1.54) is 295 Å². The zero-order valence-corrected chi connectivity index (χ0v) is 54.5. The zero-order chi connectivity index (χ0) is 57.7. The van der Waals surface area contributed by atoms with Crippen LogP contribution in [0.1, 0.15) is 367 Å². The summed E-state index contributed by atoms with van der Waals surface area (Å²) in [5.41, 5.74) is 0. The summed E-state index contributed by atoms with van der Waals surface area (Å²) in [7, 11) is 1.19. The Bertz CT molecular complexity index is 1340. The molecule has 79 heavy (non-hydrogen) atoms. The van der Waals surface area contributed by atoms with Gasteiger partial charge in [0.25, 0.3) is 7.82 Å². The number of allylic oxidation sites excluding steroid dienone is 2. The zero-order valence-electron chi connectivity index (χ0n) is 53.6. The van der Waals surface area contributed by atoms with Crippen molar-refractivity contribution in [2.45, 2.75) is 373 Å². The first-order valence-corrected chi connectivity index (χ1v) is 36.4. The first kappa shape index (κ1) is 77.8. The van der Waals surface area contributed by atoms with Crippen molar-refractivity contribution in [2.75, 3.05) is 47.5 Å². The maximum atomic E-state index is 12.8. The van der Waals surface area contributed by atoms with Gasteiger partial charge in [-0.2, -0.15) is 0 Å². The Morgan fingerprint density at radius 1 is 0.380 bits per heavy atom. The summed E-state index contributed by atoms with van der Waals surface area (Å²) in [5.74, 6) is -0.813. The summed E-state index contributed by atoms with van der Waals surface area (Å²) in [6.07, 6.45) is 74.5. The van der Waals surface area contributed by atoms with Crippen LogP contribution in [-0.2, 0) is 32.7 Å². The number of carbonyl (C=O) groups is 2. The van der Waals surface area contributed by atoms with Gasteiger partial charge in [-0.25, -0.2) is 0 Å². The van der Waals surface area contributed by atoms with Gasteiger partial charge in [-0.05, 0) is 38.5 Å². The van der Waals surface area contributed by atoms with Gasteiger partial charge in [0.2, 0.25) is 0 Å². The van der Waals surface area contributed by atoms with E-state index in [1.807, 2.05) is 21.1 Å². The van der Waals surface area contributed by atoms with Crippen molar-refractivity contribution in [3.05, 3.63) is 12.2 Å². The molecular weight excluding hydrogens is 1000 g/mol. The number of ether oxygens (including phenoxy) is 2. The van der Waals surface area contributed by atoms with Gasteiger partial charge in [0, 0.05) is 12.8 Å². The lowest BCUT2D eigenvalue weighted by atomic mass is 10.0. The average molecular weight is 1140 g/mol. The largest absolute Gasteiger partial charge is 0.756 e. The molecule has 0 aliphatic heterocycles. The number of nitrogens with zero attached hydrogens (tertiary/aromatic N) is 1. The van der Waals surface area contributed by atoms with Crippen molar-refractivity contribution in [2.24, 2.45) is 0 Å². The van der Waals surface area contributed by atoms with E-state index < -0.39 is 26.5 Å². The molecule has 470 valence electrons. The molecule has 0 aromatic heterocycles. The number of unbranched alkanes of at least 4 members (excludes halogenated alkanes) is 50. The van der Waals surface area contributed by atoms with Crippen LogP contribution >= 0.6 is 7.82 Å². The Hall–Kier alpha value is -1.25. The van der Waals surface area contributed by atoms with Gasteiger partial charge in [0.05, 0.1) is 27.7 Å². The molecule has 0 rings (SSSR count). The van der Waals surface area contributed by atoms with Gasteiger partial charge in [-0.15, -0.1) is 0 Å². The topological polar surface area (TPSA) is 111 Å². The van der Waals surface area contributed by atoms with Gasteiger partial charge < -0.3 is 27.9 Å². The van der Waals surface area contributed by atoms with Gasteiger partial charge >= 0.3 is 11.9 Å². The maximum absolute atomic E-state index is 12.8. The first-order chi connectivity index (χ1) is 38.5. The molecule has 10 heteroatoms. The highest BCUT2D eigenvalue weighted by molar-refractivity contribution is 7.45. The summed E-state index contributed by atoms with van der Waals surface area (Å²) in [5, 5.41) is 0. The van der Waals surface area contributed by atoms with Crippen molar-refractivity contribution in [3.8, 4) is 0 Å². The van der Waals surface area contributed by atoms with Gasteiger partial charge in [-0.1, -0.05) is 328 Å². The van der Waals surface area contributed by atoms with Crippen molar-refractivity contribution in [1.82, 2.24) is 0 Å². The summed E-state index contributed by atoms with van der Waals surface area (Å²) in [6.45, 7) is 4.31. The number of hydrogen-bond acceptors (Lipinski definition) is 8. The van der Waals surface area contributed by atoms with Crippen molar-refractivity contribution < 1.29 is 42.1 Å². The quantitative estimate of drug-likeness (QED) is 0.0195. The lowest BCUT2D eigenvalue weighted by molar-refractivity contribution is -0.870. The highest BCUT2D eigenvalue weighted by Crippen LogP contribution is 2.38. The van der Waals surface area contributed by atoms with E-state index in [2.05, 4.69) is 26.0 Å². The Balaban J connectivity index is 3.90. The van der Waals surface area contributed by atoms with Gasteiger partial charge in [0.15, 0.2) is 6.10 Å². The standard InChI is InChI=1S/C69H136NO8P/c1-6-8-10-12-14-16-18-20-22-24-26-27-28-29-30-31-32-33-34-35-36-37-38-39-40-41-42-44-45-47-49-51-53-55-57-59-61-68(71)75-65-67(66-77-79(73,74)76-64-63-70(3,4)5)78-69(72)62-60-58-56-54-52-50-48-46-43-25-23-21-19-17-15-13-11-9-7-2/h21,23,67H,6-20,22,24-66H2,1-5H3/b23-21-. The van der Waals surface area contributed by atoms with Crippen LogP contribution in [0.3, 0.4) is 0 Å². The molecule has 0 aliphatic rings. The predicted octanol–water partition coefficient (Wildman–Crippen LogP) is 21.7. The van der Waals surface area contributed by atoms with Crippen molar-refractivity contribution in [3.63, 3.8) is 0 Å². The number of hydrogen-bond donors (Lipinski definition) is 0. The van der Waals surface area contributed by atoms with Crippen LogP contribution < -0.4 is 4.89 Å². The van der Waals surface area contributed by atoms with E-state index >= 15 is 0 Å². The number of quaternary nitrogens is 1. The van der Waals surface area contributed by atoms with Crippen LogP contribution in [-0.4, -0.2) is 70.0 Å². The number of carbonyl (C=O) groups excluding carboxylic acids is 2. The number of phosphoric ester groups is 1. The summed E-state index contributed by atoms with van der Waals surface area (Å²) < 4.78 is 34.3. The number of phosphoric acid groups is 1. The third kappa shape index (κ3) is 65.8. The third-order valence-electron chi connectivity index (χ3n) is 16.0. The highest BCUT2D eigenvalue weighted by atomic mass is 31.2. The summed E-state index contributed by atoms with van der Waals surface area (Å²) >= 11 is 0. The number of rotatable bonds is 66. The SMILES string of the molecule is CCCCCCCC/C=C\CCCCCCCCCCCC(=O)OC(COC(=O)CCCCCCCCCCCCCCCCCCCCCCCCCCCCCCCCCCCCCC)COP(=O)([O-])OCC[N+](C)(C)C. The van der Waals surface area contributed by atoms with E-state index in [1.54, 1.807) is 0 Å². The Labute approximate surface area is 492 Å². The Morgan fingerprint density at radius 3 is 0.937 bits per heavy atom. The molecule has 2 unspecified atom stereocenters. The third-order valence-corrected chi connectivity index (χ3v) is 17.0. The molecule has 0 aromatic rings. The molecule has 0 N–H and O–H groups in total. The van der Waals surface area contributed by atoms with E-state index in [4.69, 9.17) is 18.5 Å². The van der Waals surface area contributed by atoms with Crippen molar-refractivity contribution >= 4 is 19.8 Å². The molecular formula is C69H136NO8P. The maximum Gasteiger partial charge on any atom is 0.306 e. The minimum Gasteiger partial charge on any atom is -0.756 e. The molecule has 0 aliphatic carbocycles. The molecule has 0 radical (unpaired) electrons. The van der Waals surface area contributed by atoms with Crippen molar-refractivity contribution in [1.29, 1.82) is 0 Å². The first-order valence-electron chi connectivity index (χ1n) is 34.9. The van der Waals surface area contributed by atoms with Crippen LogP contribution in [0.25, 0.3) is 0 Å². The molecule has 0 saturated heterocycles. The second kappa shape index (κ2) is 61.3. The predicted molar refractivity (Wildman–Crippen MR) is 338 cm³/mol. The molecule has 2 atom stereocenters. The molecule has 0 fully saturated rings.